The molecule has 0 aliphatic carbocycles. The van der Waals surface area contributed by atoms with Crippen LogP contribution >= 0.6 is 10.7 Å². The van der Waals surface area contributed by atoms with Crippen molar-refractivity contribution in [1.29, 1.82) is 0 Å². The van der Waals surface area contributed by atoms with Gasteiger partial charge in [-0.2, -0.15) is 0 Å². The molecule has 0 saturated heterocycles. The van der Waals surface area contributed by atoms with E-state index < -0.39 is 9.05 Å². The Hall–Kier alpha value is -1.27. The normalized spacial score (nSPS) is 11.2. The number of carbonyl (C=O) groups excluding carboxylic acids is 1. The standard InChI is InChI=1S/C13H18ClNO4S/c1-9-7-11(19-6-4-5-12(16)15-3)8-10(2)13(9)20(14,17)18/h7-8H,4-6H2,1-3H3,(H,15,16). The summed E-state index contributed by atoms with van der Waals surface area (Å²) in [6.07, 6.45) is 0.982. The van der Waals surface area contributed by atoms with Crippen molar-refractivity contribution in [2.45, 2.75) is 31.6 Å². The molecule has 5 nitrogen and oxygen atoms in total. The van der Waals surface area contributed by atoms with Crippen molar-refractivity contribution < 1.29 is 17.9 Å². The van der Waals surface area contributed by atoms with Crippen LogP contribution in [0.15, 0.2) is 17.0 Å². The summed E-state index contributed by atoms with van der Waals surface area (Å²) >= 11 is 0. The minimum atomic E-state index is -3.76. The molecule has 0 unspecified atom stereocenters. The van der Waals surface area contributed by atoms with Crippen LogP contribution in [0, 0.1) is 13.8 Å². The fourth-order valence-corrected chi connectivity index (χ4v) is 3.54. The minimum Gasteiger partial charge on any atom is -0.494 e. The van der Waals surface area contributed by atoms with Gasteiger partial charge in [0.25, 0.3) is 9.05 Å². The zero-order valence-corrected chi connectivity index (χ0v) is 13.3. The van der Waals surface area contributed by atoms with Crippen LogP contribution in [-0.4, -0.2) is 28.0 Å². The molecule has 0 fully saturated rings. The number of halogens is 1. The van der Waals surface area contributed by atoms with Gasteiger partial charge in [-0.1, -0.05) is 0 Å². The molecule has 20 heavy (non-hydrogen) atoms. The third-order valence-electron chi connectivity index (χ3n) is 2.77. The molecule has 1 N–H and O–H groups in total. The van der Waals surface area contributed by atoms with Crippen molar-refractivity contribution >= 4 is 25.6 Å². The summed E-state index contributed by atoms with van der Waals surface area (Å²) in [7, 11) is 3.21. The molecule has 0 atom stereocenters. The van der Waals surface area contributed by atoms with Crippen LogP contribution in [0.2, 0.25) is 0 Å². The van der Waals surface area contributed by atoms with E-state index in [1.54, 1.807) is 33.0 Å². The number of aryl methyl sites for hydroxylation is 2. The first-order valence-corrected chi connectivity index (χ1v) is 8.46. The van der Waals surface area contributed by atoms with E-state index in [0.717, 1.165) is 0 Å². The van der Waals surface area contributed by atoms with Gasteiger partial charge in [0.2, 0.25) is 5.91 Å². The molecule has 0 radical (unpaired) electrons. The van der Waals surface area contributed by atoms with Crippen molar-refractivity contribution in [2.24, 2.45) is 0 Å². The molecule has 1 amide bonds. The molecular formula is C13H18ClNO4S. The largest absolute Gasteiger partial charge is 0.494 e. The number of benzene rings is 1. The van der Waals surface area contributed by atoms with E-state index in [-0.39, 0.29) is 10.8 Å². The van der Waals surface area contributed by atoms with Gasteiger partial charge in [-0.05, 0) is 43.5 Å². The van der Waals surface area contributed by atoms with E-state index in [4.69, 9.17) is 15.4 Å². The highest BCUT2D eigenvalue weighted by Crippen LogP contribution is 2.28. The van der Waals surface area contributed by atoms with Gasteiger partial charge >= 0.3 is 0 Å². The number of ether oxygens (including phenoxy) is 1. The molecule has 0 aliphatic rings. The van der Waals surface area contributed by atoms with Crippen molar-refractivity contribution in [3.63, 3.8) is 0 Å². The molecule has 0 saturated carbocycles. The molecule has 1 aromatic carbocycles. The maximum Gasteiger partial charge on any atom is 0.261 e. The lowest BCUT2D eigenvalue weighted by Crippen LogP contribution is -2.18. The Labute approximate surface area is 123 Å². The predicted molar refractivity (Wildman–Crippen MR) is 77.8 cm³/mol. The van der Waals surface area contributed by atoms with E-state index in [2.05, 4.69) is 5.32 Å². The lowest BCUT2D eigenvalue weighted by molar-refractivity contribution is -0.120. The molecule has 112 valence electrons. The summed E-state index contributed by atoms with van der Waals surface area (Å²) in [5, 5.41) is 2.53. The summed E-state index contributed by atoms with van der Waals surface area (Å²) < 4.78 is 28.4. The average molecular weight is 320 g/mol. The topological polar surface area (TPSA) is 72.5 Å². The van der Waals surface area contributed by atoms with E-state index in [0.29, 0.717) is 36.3 Å². The monoisotopic (exact) mass is 319 g/mol. The number of hydrogen-bond acceptors (Lipinski definition) is 4. The van der Waals surface area contributed by atoms with Gasteiger partial charge in [-0.25, -0.2) is 8.42 Å². The zero-order valence-electron chi connectivity index (χ0n) is 11.7. The van der Waals surface area contributed by atoms with Gasteiger partial charge in [0.05, 0.1) is 11.5 Å². The van der Waals surface area contributed by atoms with Gasteiger partial charge in [0.15, 0.2) is 0 Å². The third kappa shape index (κ3) is 4.68. The second-order valence-corrected chi connectivity index (χ2v) is 6.95. The maximum atomic E-state index is 11.4. The predicted octanol–water partition coefficient (Wildman–Crippen LogP) is 2.14. The molecular weight excluding hydrogens is 302 g/mol. The van der Waals surface area contributed by atoms with Crippen LogP contribution in [0.4, 0.5) is 0 Å². The second-order valence-electron chi connectivity index (χ2n) is 4.45. The van der Waals surface area contributed by atoms with Gasteiger partial charge in [0, 0.05) is 24.2 Å². The SMILES string of the molecule is CNC(=O)CCCOc1cc(C)c(S(=O)(=O)Cl)c(C)c1. The van der Waals surface area contributed by atoms with Crippen LogP contribution in [-0.2, 0) is 13.8 Å². The fourth-order valence-electron chi connectivity index (χ4n) is 1.93. The van der Waals surface area contributed by atoms with Gasteiger partial charge in [-0.3, -0.25) is 4.79 Å². The van der Waals surface area contributed by atoms with E-state index in [1.165, 1.54) is 0 Å². The van der Waals surface area contributed by atoms with Gasteiger partial charge in [-0.15, -0.1) is 0 Å². The Balaban J connectivity index is 2.73. The first kappa shape index (κ1) is 16.8. The lowest BCUT2D eigenvalue weighted by atomic mass is 10.1. The quantitative estimate of drug-likeness (QED) is 0.644. The smallest absolute Gasteiger partial charge is 0.261 e. The Morgan fingerprint density at radius 1 is 1.30 bits per heavy atom. The number of hydrogen-bond donors (Lipinski definition) is 1. The number of rotatable bonds is 6. The Kier molecular flexibility index (Phi) is 5.83. The van der Waals surface area contributed by atoms with Gasteiger partial charge in [0.1, 0.15) is 5.75 Å². The van der Waals surface area contributed by atoms with Crippen LogP contribution in [0.1, 0.15) is 24.0 Å². The Morgan fingerprint density at radius 2 is 1.85 bits per heavy atom. The van der Waals surface area contributed by atoms with Crippen LogP contribution in [0.25, 0.3) is 0 Å². The number of amides is 1. The number of carbonyl (C=O) groups is 1. The van der Waals surface area contributed by atoms with Crippen LogP contribution in [0.5, 0.6) is 5.75 Å². The average Bonchev–Trinajstić information content (AvgIpc) is 2.31. The van der Waals surface area contributed by atoms with Crippen molar-refractivity contribution in [3.05, 3.63) is 23.3 Å². The number of nitrogens with one attached hydrogen (secondary N) is 1. The highest BCUT2D eigenvalue weighted by molar-refractivity contribution is 8.13. The molecule has 7 heteroatoms. The first-order chi connectivity index (χ1) is 9.25. The second kappa shape index (κ2) is 6.95. The molecule has 0 aromatic heterocycles. The highest BCUT2D eigenvalue weighted by Gasteiger charge is 2.17. The molecule has 0 heterocycles. The lowest BCUT2D eigenvalue weighted by Gasteiger charge is -2.11. The van der Waals surface area contributed by atoms with Crippen molar-refractivity contribution in [1.82, 2.24) is 5.32 Å². The molecule has 0 aliphatic heterocycles. The fraction of sp³-hybridized carbons (Fsp3) is 0.462. The Bertz CT molecular complexity index is 575. The zero-order chi connectivity index (χ0) is 15.3. The summed E-state index contributed by atoms with van der Waals surface area (Å²) in [5.41, 5.74) is 1.09. The van der Waals surface area contributed by atoms with Crippen molar-refractivity contribution in [3.8, 4) is 5.75 Å². The summed E-state index contributed by atoms with van der Waals surface area (Å²) in [6.45, 7) is 3.72. The molecule has 0 spiro atoms. The van der Waals surface area contributed by atoms with E-state index >= 15 is 0 Å². The van der Waals surface area contributed by atoms with Crippen LogP contribution < -0.4 is 10.1 Å². The molecule has 1 aromatic rings. The van der Waals surface area contributed by atoms with Gasteiger partial charge < -0.3 is 10.1 Å². The summed E-state index contributed by atoms with van der Waals surface area (Å²) in [4.78, 5) is 11.2. The van der Waals surface area contributed by atoms with E-state index in [1.807, 2.05) is 0 Å². The molecule has 1 rings (SSSR count). The highest BCUT2D eigenvalue weighted by atomic mass is 35.7. The third-order valence-corrected chi connectivity index (χ3v) is 4.37. The molecule has 0 bridgehead atoms. The van der Waals surface area contributed by atoms with E-state index in [9.17, 15) is 13.2 Å². The minimum absolute atomic E-state index is 0.0375. The summed E-state index contributed by atoms with van der Waals surface area (Å²) in [6, 6.07) is 3.25. The summed E-state index contributed by atoms with van der Waals surface area (Å²) in [5.74, 6) is 0.533. The Morgan fingerprint density at radius 3 is 2.30 bits per heavy atom. The first-order valence-electron chi connectivity index (χ1n) is 6.15. The maximum absolute atomic E-state index is 11.4. The van der Waals surface area contributed by atoms with Crippen LogP contribution in [0.3, 0.4) is 0 Å². The van der Waals surface area contributed by atoms with Crippen molar-refractivity contribution in [2.75, 3.05) is 13.7 Å².